The SMILES string of the molecule is COc1ccc(/C=C(/C)N=O)cc1. The molecule has 0 spiro atoms. The van der Waals surface area contributed by atoms with Crippen LogP contribution < -0.4 is 4.74 Å². The summed E-state index contributed by atoms with van der Waals surface area (Å²) in [5.74, 6) is 0.800. The van der Waals surface area contributed by atoms with Crippen molar-refractivity contribution >= 4 is 6.08 Å². The topological polar surface area (TPSA) is 38.7 Å². The average Bonchev–Trinajstić information content (AvgIpc) is 2.19. The van der Waals surface area contributed by atoms with Crippen molar-refractivity contribution in [1.29, 1.82) is 0 Å². The molecule has 1 rings (SSSR count). The minimum atomic E-state index is 0.463. The molecule has 3 nitrogen and oxygen atoms in total. The smallest absolute Gasteiger partial charge is 0.118 e. The normalized spacial score (nSPS) is 11.1. The summed E-state index contributed by atoms with van der Waals surface area (Å²) < 4.78 is 4.99. The van der Waals surface area contributed by atoms with Gasteiger partial charge in [0.2, 0.25) is 0 Å². The Kier molecular flexibility index (Phi) is 3.20. The molecule has 0 saturated heterocycles. The van der Waals surface area contributed by atoms with Gasteiger partial charge in [-0.1, -0.05) is 12.1 Å². The first kappa shape index (κ1) is 9.45. The van der Waals surface area contributed by atoms with E-state index in [1.165, 1.54) is 0 Å². The molecule has 13 heavy (non-hydrogen) atoms. The quantitative estimate of drug-likeness (QED) is 0.666. The lowest BCUT2D eigenvalue weighted by molar-refractivity contribution is 0.415. The molecule has 0 aromatic heterocycles. The van der Waals surface area contributed by atoms with Gasteiger partial charge >= 0.3 is 0 Å². The van der Waals surface area contributed by atoms with Gasteiger partial charge in [0, 0.05) is 0 Å². The summed E-state index contributed by atoms with van der Waals surface area (Å²) >= 11 is 0. The van der Waals surface area contributed by atoms with E-state index in [2.05, 4.69) is 5.18 Å². The summed E-state index contributed by atoms with van der Waals surface area (Å²) in [5, 5.41) is 2.81. The lowest BCUT2D eigenvalue weighted by atomic mass is 10.2. The number of methoxy groups -OCH3 is 1. The minimum Gasteiger partial charge on any atom is -0.497 e. The third-order valence-corrected chi connectivity index (χ3v) is 1.64. The first-order valence-electron chi connectivity index (χ1n) is 3.92. The molecule has 0 fully saturated rings. The predicted molar refractivity (Wildman–Crippen MR) is 52.4 cm³/mol. The van der Waals surface area contributed by atoms with Crippen molar-refractivity contribution in [3.63, 3.8) is 0 Å². The Bertz CT molecular complexity index is 314. The van der Waals surface area contributed by atoms with E-state index in [0.717, 1.165) is 11.3 Å². The van der Waals surface area contributed by atoms with E-state index in [1.807, 2.05) is 24.3 Å². The fraction of sp³-hybridized carbons (Fsp3) is 0.200. The Balaban J connectivity index is 2.86. The third-order valence-electron chi connectivity index (χ3n) is 1.64. The second-order valence-corrected chi connectivity index (χ2v) is 2.65. The summed E-state index contributed by atoms with van der Waals surface area (Å²) in [5.41, 5.74) is 1.41. The molecule has 68 valence electrons. The van der Waals surface area contributed by atoms with Crippen LogP contribution in [0, 0.1) is 4.91 Å². The molecular weight excluding hydrogens is 166 g/mol. The zero-order valence-corrected chi connectivity index (χ0v) is 7.65. The van der Waals surface area contributed by atoms with Gasteiger partial charge in [0.15, 0.2) is 0 Å². The van der Waals surface area contributed by atoms with Gasteiger partial charge < -0.3 is 4.74 Å². The summed E-state index contributed by atoms with van der Waals surface area (Å²) in [6, 6.07) is 7.41. The van der Waals surface area contributed by atoms with Gasteiger partial charge in [0.25, 0.3) is 0 Å². The molecule has 0 atom stereocenters. The zero-order chi connectivity index (χ0) is 9.68. The van der Waals surface area contributed by atoms with E-state index in [9.17, 15) is 4.91 Å². The van der Waals surface area contributed by atoms with Crippen molar-refractivity contribution in [1.82, 2.24) is 0 Å². The monoisotopic (exact) mass is 177 g/mol. The Morgan fingerprint density at radius 1 is 1.38 bits per heavy atom. The number of benzene rings is 1. The Morgan fingerprint density at radius 2 is 2.00 bits per heavy atom. The van der Waals surface area contributed by atoms with Crippen LogP contribution in [0.2, 0.25) is 0 Å². The highest BCUT2D eigenvalue weighted by atomic mass is 16.5. The third kappa shape index (κ3) is 2.71. The minimum absolute atomic E-state index is 0.463. The number of hydrogen-bond acceptors (Lipinski definition) is 3. The van der Waals surface area contributed by atoms with Crippen molar-refractivity contribution in [2.24, 2.45) is 5.18 Å². The molecule has 0 amide bonds. The highest BCUT2D eigenvalue weighted by Crippen LogP contribution is 2.13. The molecule has 0 heterocycles. The van der Waals surface area contributed by atoms with Gasteiger partial charge in [0.1, 0.15) is 5.75 Å². The van der Waals surface area contributed by atoms with Gasteiger partial charge in [-0.3, -0.25) is 0 Å². The Hall–Kier alpha value is -1.64. The molecule has 1 aromatic carbocycles. The van der Waals surface area contributed by atoms with Gasteiger partial charge in [-0.25, -0.2) is 0 Å². The Morgan fingerprint density at radius 3 is 2.46 bits per heavy atom. The van der Waals surface area contributed by atoms with Crippen LogP contribution in [0.3, 0.4) is 0 Å². The highest BCUT2D eigenvalue weighted by molar-refractivity contribution is 5.53. The second kappa shape index (κ2) is 4.40. The van der Waals surface area contributed by atoms with Crippen LogP contribution in [0.15, 0.2) is 35.1 Å². The molecule has 0 N–H and O–H groups in total. The van der Waals surface area contributed by atoms with Crippen molar-refractivity contribution in [3.05, 3.63) is 40.4 Å². The summed E-state index contributed by atoms with van der Waals surface area (Å²) in [6.07, 6.45) is 1.71. The van der Waals surface area contributed by atoms with Gasteiger partial charge in [-0.05, 0) is 35.9 Å². The van der Waals surface area contributed by atoms with Crippen molar-refractivity contribution in [3.8, 4) is 5.75 Å². The van der Waals surface area contributed by atoms with E-state index in [4.69, 9.17) is 4.74 Å². The van der Waals surface area contributed by atoms with Crippen LogP contribution in [-0.2, 0) is 0 Å². The van der Waals surface area contributed by atoms with E-state index in [0.29, 0.717) is 5.70 Å². The predicted octanol–water partition coefficient (Wildman–Crippen LogP) is 2.82. The van der Waals surface area contributed by atoms with E-state index in [-0.39, 0.29) is 0 Å². The molecule has 0 aliphatic carbocycles. The van der Waals surface area contributed by atoms with E-state index in [1.54, 1.807) is 20.1 Å². The average molecular weight is 177 g/mol. The molecule has 0 unspecified atom stereocenters. The Labute approximate surface area is 77.0 Å². The maximum atomic E-state index is 10.1. The summed E-state index contributed by atoms with van der Waals surface area (Å²) in [7, 11) is 1.61. The van der Waals surface area contributed by atoms with Crippen molar-refractivity contribution < 1.29 is 4.74 Å². The largest absolute Gasteiger partial charge is 0.497 e. The number of nitrogens with zero attached hydrogens (tertiary/aromatic N) is 1. The number of allylic oxidation sites excluding steroid dienone is 1. The molecule has 0 radical (unpaired) electrons. The summed E-state index contributed by atoms with van der Waals surface area (Å²) in [4.78, 5) is 10.1. The lowest BCUT2D eigenvalue weighted by Gasteiger charge is -1.98. The van der Waals surface area contributed by atoms with Crippen LogP contribution >= 0.6 is 0 Å². The maximum Gasteiger partial charge on any atom is 0.118 e. The fourth-order valence-electron chi connectivity index (χ4n) is 0.968. The molecule has 0 bridgehead atoms. The zero-order valence-electron chi connectivity index (χ0n) is 7.65. The molecule has 0 saturated carbocycles. The van der Waals surface area contributed by atoms with Gasteiger partial charge in [0.05, 0.1) is 12.8 Å². The van der Waals surface area contributed by atoms with Crippen LogP contribution in [0.4, 0.5) is 0 Å². The van der Waals surface area contributed by atoms with Crippen molar-refractivity contribution in [2.75, 3.05) is 7.11 Å². The first-order chi connectivity index (χ1) is 6.26. The molecule has 3 heteroatoms. The van der Waals surface area contributed by atoms with Gasteiger partial charge in [-0.2, -0.15) is 0 Å². The number of nitroso groups, excluding NO2 is 1. The van der Waals surface area contributed by atoms with E-state index < -0.39 is 0 Å². The molecular formula is C10H11NO2. The van der Waals surface area contributed by atoms with Gasteiger partial charge in [-0.15, -0.1) is 4.91 Å². The first-order valence-corrected chi connectivity index (χ1v) is 3.92. The van der Waals surface area contributed by atoms with Crippen LogP contribution in [-0.4, -0.2) is 7.11 Å². The summed E-state index contributed by atoms with van der Waals surface area (Å²) in [6.45, 7) is 1.66. The van der Waals surface area contributed by atoms with Crippen LogP contribution in [0.5, 0.6) is 5.75 Å². The van der Waals surface area contributed by atoms with Crippen LogP contribution in [0.1, 0.15) is 12.5 Å². The lowest BCUT2D eigenvalue weighted by Crippen LogP contribution is -1.81. The number of rotatable bonds is 3. The number of ether oxygens (including phenoxy) is 1. The molecule has 0 aliphatic heterocycles. The van der Waals surface area contributed by atoms with E-state index >= 15 is 0 Å². The standard InChI is InChI=1S/C10H11NO2/c1-8(11-12)7-9-3-5-10(13-2)6-4-9/h3-7H,1-2H3/b8-7-. The number of hydrogen-bond donors (Lipinski definition) is 0. The fourth-order valence-corrected chi connectivity index (χ4v) is 0.968. The molecule has 0 aliphatic rings. The molecule has 1 aromatic rings. The van der Waals surface area contributed by atoms with Crippen molar-refractivity contribution in [2.45, 2.75) is 6.92 Å². The van der Waals surface area contributed by atoms with Crippen LogP contribution in [0.25, 0.3) is 6.08 Å². The highest BCUT2D eigenvalue weighted by Gasteiger charge is 1.92. The second-order valence-electron chi connectivity index (χ2n) is 2.65. The maximum absolute atomic E-state index is 10.1.